The molecule has 206 valence electrons. The summed E-state index contributed by atoms with van der Waals surface area (Å²) in [6.07, 6.45) is -5.38. The van der Waals surface area contributed by atoms with Gasteiger partial charge in [-0.25, -0.2) is 28.2 Å². The first-order valence-corrected chi connectivity index (χ1v) is 11.1. The predicted molar refractivity (Wildman–Crippen MR) is 122 cm³/mol. The third kappa shape index (κ3) is 5.41. The molecule has 16 heteroatoms. The maximum Gasteiger partial charge on any atom is 0.493 e. The summed E-state index contributed by atoms with van der Waals surface area (Å²) in [5, 5.41) is 4.00. The summed E-state index contributed by atoms with van der Waals surface area (Å²) in [4.78, 5) is 44.4. The Balaban J connectivity index is 1.66. The lowest BCUT2D eigenvalue weighted by Gasteiger charge is -2.29. The molecule has 0 aliphatic carbocycles. The molecule has 0 atom stereocenters. The van der Waals surface area contributed by atoms with E-state index < -0.39 is 60.1 Å². The van der Waals surface area contributed by atoms with E-state index in [0.717, 1.165) is 17.0 Å². The number of benzene rings is 1. The molecule has 4 rings (SSSR count). The van der Waals surface area contributed by atoms with Gasteiger partial charge in [-0.3, -0.25) is 4.79 Å². The number of amides is 1. The number of nitrogens with two attached hydrogens (primary N) is 1. The number of carbonyl (C=O) groups is 2. The molecule has 1 aliphatic rings. The highest BCUT2D eigenvalue weighted by atomic mass is 19.4. The Bertz CT molecular complexity index is 1560. The predicted octanol–water partition coefficient (Wildman–Crippen LogP) is 2.95. The Morgan fingerprint density at radius 1 is 1.13 bits per heavy atom. The third-order valence-corrected chi connectivity index (χ3v) is 5.79. The molecule has 0 saturated heterocycles. The first kappa shape index (κ1) is 27.6. The van der Waals surface area contributed by atoms with Gasteiger partial charge in [-0.15, -0.1) is 5.06 Å². The number of anilines is 1. The SMILES string of the molecule is Cc1cc(-c2cnc(-n3cnn(CC(CN)=C(F)F)c3=O)c(F)c2)cc2c1N(OC(=O)C(F)(F)F)C(=O)CC2. The number of aromatic nitrogens is 4. The second kappa shape index (κ2) is 10.4. The second-order valence-electron chi connectivity index (χ2n) is 8.40. The Hall–Kier alpha value is -4.47. The van der Waals surface area contributed by atoms with Crippen molar-refractivity contribution in [3.8, 4) is 16.9 Å². The lowest BCUT2D eigenvalue weighted by molar-refractivity contribution is -0.201. The first-order valence-electron chi connectivity index (χ1n) is 11.1. The zero-order chi connectivity index (χ0) is 28.6. The summed E-state index contributed by atoms with van der Waals surface area (Å²) in [6, 6.07) is 3.95. The fraction of sp³-hybridized carbons (Fsp3) is 0.261. The molecular weight excluding hydrogens is 538 g/mol. The van der Waals surface area contributed by atoms with Crippen LogP contribution in [0, 0.1) is 12.7 Å². The van der Waals surface area contributed by atoms with Gasteiger partial charge in [0.05, 0.1) is 12.2 Å². The minimum atomic E-state index is -5.32. The number of fused-ring (bicyclic) bond motifs is 1. The van der Waals surface area contributed by atoms with Gasteiger partial charge >= 0.3 is 17.8 Å². The van der Waals surface area contributed by atoms with Gasteiger partial charge in [0.2, 0.25) is 0 Å². The average molecular weight is 556 g/mol. The number of carbonyl (C=O) groups excluding carboxylic acids is 2. The Labute approximate surface area is 214 Å². The molecule has 3 aromatic rings. The van der Waals surface area contributed by atoms with Crippen molar-refractivity contribution < 1.29 is 40.8 Å². The molecule has 3 heterocycles. The molecule has 0 fully saturated rings. The number of nitrogens with zero attached hydrogens (tertiary/aromatic N) is 5. The smallest absolute Gasteiger partial charge is 0.327 e. The minimum Gasteiger partial charge on any atom is -0.327 e. The van der Waals surface area contributed by atoms with Crippen molar-refractivity contribution in [2.24, 2.45) is 5.73 Å². The number of hydrogen-bond donors (Lipinski definition) is 1. The largest absolute Gasteiger partial charge is 0.493 e. The molecule has 0 unspecified atom stereocenters. The standard InChI is InChI=1S/C23H18F6N6O4/c1-11-4-13(5-12-2-3-17(36)35(18(11)12)39-21(37)23(27,28)29)14-6-16(24)20(31-8-14)33-10-32-34(22(33)38)9-15(7-30)19(25)26/h4-6,8,10H,2-3,7,9,30H2,1H3. The average Bonchev–Trinajstić information content (AvgIpc) is 3.22. The summed E-state index contributed by atoms with van der Waals surface area (Å²) >= 11 is 0. The van der Waals surface area contributed by atoms with Crippen molar-refractivity contribution in [2.75, 3.05) is 11.6 Å². The quantitative estimate of drug-likeness (QED) is 0.463. The van der Waals surface area contributed by atoms with Gasteiger partial charge in [-0.1, -0.05) is 0 Å². The summed E-state index contributed by atoms with van der Waals surface area (Å²) in [5.74, 6) is -4.83. The Morgan fingerprint density at radius 3 is 2.46 bits per heavy atom. The van der Waals surface area contributed by atoms with E-state index in [1.54, 1.807) is 0 Å². The molecule has 2 aromatic heterocycles. The van der Waals surface area contributed by atoms with Gasteiger partial charge in [0.25, 0.3) is 12.0 Å². The molecular formula is C23H18F6N6O4. The molecule has 1 aliphatic heterocycles. The summed E-state index contributed by atoms with van der Waals surface area (Å²) in [6.45, 7) is 0.349. The van der Waals surface area contributed by atoms with Crippen molar-refractivity contribution in [3.63, 3.8) is 0 Å². The molecule has 0 radical (unpaired) electrons. The van der Waals surface area contributed by atoms with Crippen LogP contribution in [-0.4, -0.2) is 43.9 Å². The number of rotatable bonds is 6. The van der Waals surface area contributed by atoms with Gasteiger partial charge in [0.1, 0.15) is 6.33 Å². The van der Waals surface area contributed by atoms with E-state index in [-0.39, 0.29) is 29.7 Å². The number of hydroxylamine groups is 1. The van der Waals surface area contributed by atoms with Crippen LogP contribution in [-0.2, 0) is 27.4 Å². The minimum absolute atomic E-state index is 0.0350. The van der Waals surface area contributed by atoms with E-state index in [9.17, 15) is 36.3 Å². The molecule has 10 nitrogen and oxygen atoms in total. The molecule has 1 amide bonds. The van der Waals surface area contributed by atoms with Gasteiger partial charge in [0, 0.05) is 30.3 Å². The van der Waals surface area contributed by atoms with Crippen LogP contribution in [0.2, 0.25) is 0 Å². The van der Waals surface area contributed by atoms with Crippen LogP contribution in [0.1, 0.15) is 17.5 Å². The van der Waals surface area contributed by atoms with Crippen molar-refractivity contribution in [1.29, 1.82) is 0 Å². The maximum absolute atomic E-state index is 15.1. The normalized spacial score (nSPS) is 13.3. The van der Waals surface area contributed by atoms with E-state index in [4.69, 9.17) is 5.73 Å². The first-order chi connectivity index (χ1) is 18.3. The number of aryl methyl sites for hydroxylation is 2. The van der Waals surface area contributed by atoms with Crippen LogP contribution in [0.15, 0.2) is 47.2 Å². The highest BCUT2D eigenvalue weighted by molar-refractivity contribution is 5.98. The van der Waals surface area contributed by atoms with E-state index in [1.165, 1.54) is 25.3 Å². The van der Waals surface area contributed by atoms with Crippen molar-refractivity contribution in [3.05, 3.63) is 69.8 Å². The summed E-state index contributed by atoms with van der Waals surface area (Å²) < 4.78 is 80.3. The van der Waals surface area contributed by atoms with Crippen LogP contribution >= 0.6 is 0 Å². The van der Waals surface area contributed by atoms with Gasteiger partial charge in [-0.2, -0.15) is 27.1 Å². The van der Waals surface area contributed by atoms with E-state index in [0.29, 0.717) is 20.9 Å². The summed E-state index contributed by atoms with van der Waals surface area (Å²) in [5.41, 5.74) is 4.96. The van der Waals surface area contributed by atoms with Gasteiger partial charge < -0.3 is 10.6 Å². The number of pyridine rings is 1. The number of alkyl halides is 3. The molecule has 0 spiro atoms. The maximum atomic E-state index is 15.1. The van der Waals surface area contributed by atoms with Gasteiger partial charge in [0.15, 0.2) is 11.6 Å². The van der Waals surface area contributed by atoms with Crippen LogP contribution in [0.3, 0.4) is 0 Å². The van der Waals surface area contributed by atoms with Crippen molar-refractivity contribution in [1.82, 2.24) is 19.3 Å². The lowest BCUT2D eigenvalue weighted by atomic mass is 9.94. The zero-order valence-corrected chi connectivity index (χ0v) is 19.9. The topological polar surface area (TPSA) is 125 Å². The number of hydrogen-bond acceptors (Lipinski definition) is 7. The highest BCUT2D eigenvalue weighted by Crippen LogP contribution is 2.36. The molecule has 39 heavy (non-hydrogen) atoms. The zero-order valence-electron chi connectivity index (χ0n) is 19.9. The number of halogens is 6. The Morgan fingerprint density at radius 2 is 1.85 bits per heavy atom. The fourth-order valence-electron chi connectivity index (χ4n) is 3.94. The van der Waals surface area contributed by atoms with Crippen LogP contribution < -0.4 is 16.5 Å². The highest BCUT2D eigenvalue weighted by Gasteiger charge is 2.44. The molecule has 2 N–H and O–H groups in total. The van der Waals surface area contributed by atoms with Crippen molar-refractivity contribution in [2.45, 2.75) is 32.5 Å². The molecule has 0 saturated carbocycles. The van der Waals surface area contributed by atoms with Gasteiger partial charge in [-0.05, 0) is 48.2 Å². The van der Waals surface area contributed by atoms with Crippen LogP contribution in [0.25, 0.3) is 16.9 Å². The van der Waals surface area contributed by atoms with E-state index in [2.05, 4.69) is 14.9 Å². The molecule has 0 bridgehead atoms. The molecule has 1 aromatic carbocycles. The van der Waals surface area contributed by atoms with Crippen molar-refractivity contribution >= 4 is 17.6 Å². The van der Waals surface area contributed by atoms with Crippen LogP contribution in [0.4, 0.5) is 32.0 Å². The fourth-order valence-corrected chi connectivity index (χ4v) is 3.94. The van der Waals surface area contributed by atoms with E-state index in [1.807, 2.05) is 0 Å². The van der Waals surface area contributed by atoms with Crippen LogP contribution in [0.5, 0.6) is 0 Å². The monoisotopic (exact) mass is 556 g/mol. The lowest BCUT2D eigenvalue weighted by Crippen LogP contribution is -2.41. The van der Waals surface area contributed by atoms with E-state index >= 15 is 4.39 Å². The third-order valence-electron chi connectivity index (χ3n) is 5.79. The Kier molecular flexibility index (Phi) is 7.32. The second-order valence-corrected chi connectivity index (χ2v) is 8.40. The summed E-state index contributed by atoms with van der Waals surface area (Å²) in [7, 11) is 0.